The third-order valence-corrected chi connectivity index (χ3v) is 5.59. The van der Waals surface area contributed by atoms with Crippen LogP contribution < -0.4 is 10.6 Å². The van der Waals surface area contributed by atoms with Gasteiger partial charge in [0.05, 0.1) is 5.56 Å². The number of carbonyl (C=O) groups is 3. The molecule has 2 amide bonds. The van der Waals surface area contributed by atoms with Crippen LogP contribution in [0.1, 0.15) is 60.8 Å². The van der Waals surface area contributed by atoms with Crippen LogP contribution >= 0.6 is 11.3 Å². The second-order valence-electron chi connectivity index (χ2n) is 7.11. The lowest BCUT2D eigenvalue weighted by atomic mass is 10.0. The van der Waals surface area contributed by atoms with Crippen molar-refractivity contribution in [1.29, 1.82) is 0 Å². The van der Waals surface area contributed by atoms with Gasteiger partial charge < -0.3 is 15.4 Å². The Kier molecular flexibility index (Phi) is 5.87. The normalized spacial score (nSPS) is 14.1. The topological polar surface area (TPSA) is 84.5 Å². The summed E-state index contributed by atoms with van der Waals surface area (Å²) in [5.74, 6) is -0.933. The molecule has 0 unspecified atom stereocenters. The molecule has 1 aromatic rings. The maximum atomic E-state index is 12.5. The van der Waals surface area contributed by atoms with Crippen molar-refractivity contribution in [3.05, 3.63) is 16.0 Å². The molecule has 0 aromatic carbocycles. The summed E-state index contributed by atoms with van der Waals surface area (Å²) in [6, 6.07) is 0. The van der Waals surface area contributed by atoms with Crippen molar-refractivity contribution in [2.75, 3.05) is 11.9 Å². The first-order chi connectivity index (χ1) is 11.6. The summed E-state index contributed by atoms with van der Waals surface area (Å²) < 4.78 is 5.18. The summed E-state index contributed by atoms with van der Waals surface area (Å²) in [6.07, 6.45) is 2.55. The van der Waals surface area contributed by atoms with Crippen molar-refractivity contribution in [1.82, 2.24) is 5.32 Å². The van der Waals surface area contributed by atoms with E-state index in [1.54, 1.807) is 0 Å². The number of hydrogen-bond acceptors (Lipinski definition) is 5. The first-order valence-corrected chi connectivity index (χ1v) is 9.35. The Balaban J connectivity index is 2.03. The van der Waals surface area contributed by atoms with Gasteiger partial charge >= 0.3 is 5.97 Å². The smallest absolute Gasteiger partial charge is 0.341 e. The number of hydrogen-bond donors (Lipinski definition) is 2. The highest BCUT2D eigenvalue weighted by atomic mass is 32.1. The Bertz CT molecular complexity index is 689. The van der Waals surface area contributed by atoms with Crippen LogP contribution in [0.5, 0.6) is 0 Å². The molecule has 138 valence electrons. The summed E-state index contributed by atoms with van der Waals surface area (Å²) in [5, 5.41) is 6.15. The Hall–Kier alpha value is -1.89. The molecule has 7 heteroatoms. The maximum absolute atomic E-state index is 12.5. The average molecular weight is 366 g/mol. The lowest BCUT2D eigenvalue weighted by Gasteiger charge is -2.24. The molecule has 1 aliphatic carbocycles. The molecule has 0 radical (unpaired) electrons. The van der Waals surface area contributed by atoms with Gasteiger partial charge in [0.25, 0.3) is 5.91 Å². The average Bonchev–Trinajstić information content (AvgIpc) is 3.33. The molecule has 0 bridgehead atoms. The minimum absolute atomic E-state index is 0.0497. The van der Waals surface area contributed by atoms with Crippen molar-refractivity contribution < 1.29 is 19.1 Å². The quantitative estimate of drug-likeness (QED) is 0.726. The summed E-state index contributed by atoms with van der Waals surface area (Å²) >= 11 is 1.36. The maximum Gasteiger partial charge on any atom is 0.341 e. The minimum atomic E-state index is -0.586. The van der Waals surface area contributed by atoms with Crippen molar-refractivity contribution in [2.45, 2.75) is 59.4 Å². The fourth-order valence-electron chi connectivity index (χ4n) is 2.23. The number of carbonyl (C=O) groups excluding carboxylic acids is 3. The second-order valence-corrected chi connectivity index (χ2v) is 8.34. The van der Waals surface area contributed by atoms with Crippen molar-refractivity contribution >= 4 is 34.1 Å². The highest BCUT2D eigenvalue weighted by molar-refractivity contribution is 7.16. The van der Waals surface area contributed by atoms with Gasteiger partial charge in [0.15, 0.2) is 6.61 Å². The SMILES string of the molecule is CCC(C)(C)NC(=O)COC(=O)c1c(NC(=O)C2CC2)sc(C)c1C. The van der Waals surface area contributed by atoms with Crippen LogP contribution in [-0.4, -0.2) is 29.9 Å². The predicted octanol–water partition coefficient (Wildman–Crippen LogP) is 3.18. The monoisotopic (exact) mass is 366 g/mol. The molecule has 1 saturated carbocycles. The molecule has 0 saturated heterocycles. The second kappa shape index (κ2) is 7.56. The molecular formula is C18H26N2O4S. The molecule has 6 nitrogen and oxygen atoms in total. The summed E-state index contributed by atoms with van der Waals surface area (Å²) in [4.78, 5) is 37.4. The predicted molar refractivity (Wildman–Crippen MR) is 97.9 cm³/mol. The summed E-state index contributed by atoms with van der Waals surface area (Å²) in [5.41, 5.74) is 0.774. The number of rotatable bonds is 7. The standard InChI is InChI=1S/C18H26N2O4S/c1-6-18(4,5)20-13(21)9-24-17(23)14-10(2)11(3)25-16(14)19-15(22)12-7-8-12/h12H,6-9H2,1-5H3,(H,19,22)(H,20,21). The molecule has 1 aromatic heterocycles. The zero-order chi connectivity index (χ0) is 18.8. The molecule has 0 spiro atoms. The van der Waals surface area contributed by atoms with Crippen LogP contribution in [0.4, 0.5) is 5.00 Å². The summed E-state index contributed by atoms with van der Waals surface area (Å²) in [7, 11) is 0. The van der Waals surface area contributed by atoms with Gasteiger partial charge in [-0.05, 0) is 52.5 Å². The van der Waals surface area contributed by atoms with E-state index in [-0.39, 0.29) is 29.9 Å². The van der Waals surface area contributed by atoms with E-state index in [0.717, 1.165) is 29.7 Å². The fraction of sp³-hybridized carbons (Fsp3) is 0.611. The first kappa shape index (κ1) is 19.4. The Labute approximate surface area is 152 Å². The minimum Gasteiger partial charge on any atom is -0.452 e. The molecule has 1 heterocycles. The van der Waals surface area contributed by atoms with E-state index in [1.807, 2.05) is 34.6 Å². The number of nitrogens with one attached hydrogen (secondary N) is 2. The lowest BCUT2D eigenvalue weighted by Crippen LogP contribution is -2.44. The van der Waals surface area contributed by atoms with Gasteiger partial charge in [0.1, 0.15) is 5.00 Å². The molecule has 25 heavy (non-hydrogen) atoms. The van der Waals surface area contributed by atoms with E-state index in [2.05, 4.69) is 10.6 Å². The van der Waals surface area contributed by atoms with Gasteiger partial charge in [0.2, 0.25) is 5.91 Å². The molecule has 2 N–H and O–H groups in total. The van der Waals surface area contributed by atoms with Gasteiger partial charge in [-0.15, -0.1) is 11.3 Å². The van der Waals surface area contributed by atoms with E-state index in [0.29, 0.717) is 10.6 Å². The Morgan fingerprint density at radius 1 is 1.24 bits per heavy atom. The van der Waals surface area contributed by atoms with Crippen molar-refractivity contribution in [3.8, 4) is 0 Å². The zero-order valence-electron chi connectivity index (χ0n) is 15.4. The summed E-state index contributed by atoms with van der Waals surface area (Å²) in [6.45, 7) is 9.15. The van der Waals surface area contributed by atoms with Gasteiger partial charge in [-0.2, -0.15) is 0 Å². The molecule has 1 aliphatic rings. The van der Waals surface area contributed by atoms with Crippen LogP contribution in [0.25, 0.3) is 0 Å². The molecule has 1 fully saturated rings. The number of amides is 2. The Morgan fingerprint density at radius 3 is 2.44 bits per heavy atom. The molecule has 2 rings (SSSR count). The third-order valence-electron chi connectivity index (χ3n) is 4.47. The highest BCUT2D eigenvalue weighted by Crippen LogP contribution is 2.36. The first-order valence-electron chi connectivity index (χ1n) is 8.53. The largest absolute Gasteiger partial charge is 0.452 e. The van der Waals surface area contributed by atoms with Gasteiger partial charge in [-0.3, -0.25) is 9.59 Å². The molecule has 0 atom stereocenters. The van der Waals surface area contributed by atoms with E-state index in [4.69, 9.17) is 4.74 Å². The molecule has 0 aliphatic heterocycles. The van der Waals surface area contributed by atoms with Gasteiger partial charge in [-0.25, -0.2) is 4.79 Å². The fourth-order valence-corrected chi connectivity index (χ4v) is 3.28. The number of esters is 1. The van der Waals surface area contributed by atoms with Crippen LogP contribution in [0.2, 0.25) is 0 Å². The van der Waals surface area contributed by atoms with Crippen molar-refractivity contribution in [2.24, 2.45) is 5.92 Å². The Morgan fingerprint density at radius 2 is 1.88 bits per heavy atom. The van der Waals surface area contributed by atoms with Gasteiger partial charge in [0, 0.05) is 16.3 Å². The van der Waals surface area contributed by atoms with Crippen LogP contribution in [-0.2, 0) is 14.3 Å². The van der Waals surface area contributed by atoms with Crippen molar-refractivity contribution in [3.63, 3.8) is 0 Å². The number of thiophene rings is 1. The zero-order valence-corrected chi connectivity index (χ0v) is 16.3. The van der Waals surface area contributed by atoms with Gasteiger partial charge in [-0.1, -0.05) is 6.92 Å². The lowest BCUT2D eigenvalue weighted by molar-refractivity contribution is -0.125. The van der Waals surface area contributed by atoms with Crippen LogP contribution in [0.15, 0.2) is 0 Å². The van der Waals surface area contributed by atoms with E-state index in [1.165, 1.54) is 11.3 Å². The van der Waals surface area contributed by atoms with E-state index >= 15 is 0 Å². The number of ether oxygens (including phenoxy) is 1. The third kappa shape index (κ3) is 5.04. The van der Waals surface area contributed by atoms with E-state index < -0.39 is 5.97 Å². The highest BCUT2D eigenvalue weighted by Gasteiger charge is 2.32. The number of anilines is 1. The van der Waals surface area contributed by atoms with Crippen LogP contribution in [0, 0.1) is 19.8 Å². The van der Waals surface area contributed by atoms with Crippen LogP contribution in [0.3, 0.4) is 0 Å². The molecular weight excluding hydrogens is 340 g/mol. The number of aryl methyl sites for hydroxylation is 1. The van der Waals surface area contributed by atoms with E-state index in [9.17, 15) is 14.4 Å².